The van der Waals surface area contributed by atoms with Gasteiger partial charge in [-0.25, -0.2) is 13.1 Å². The minimum absolute atomic E-state index is 0.321. The van der Waals surface area contributed by atoms with Crippen LogP contribution in [-0.4, -0.2) is 46.3 Å². The molecule has 0 heterocycles. The maximum atomic E-state index is 10.8. The van der Waals surface area contributed by atoms with Gasteiger partial charge in [-0.3, -0.25) is 4.99 Å². The number of aliphatic imine (C=N–C) groups is 1. The zero-order valence-corrected chi connectivity index (χ0v) is 11.9. The lowest BCUT2D eigenvalue weighted by molar-refractivity contribution is 0.585. The number of sulfonamides is 1. The molecule has 6 nitrogen and oxygen atoms in total. The molecule has 0 unspecified atom stereocenters. The molecule has 0 rings (SSSR count). The van der Waals surface area contributed by atoms with Crippen LogP contribution >= 0.6 is 0 Å². The topological polar surface area (TPSA) is 82.6 Å². The second-order valence-electron chi connectivity index (χ2n) is 4.08. The first-order valence-corrected chi connectivity index (χ1v) is 7.73. The third-order valence-electron chi connectivity index (χ3n) is 1.74. The highest BCUT2D eigenvalue weighted by Crippen LogP contribution is 1.84. The van der Waals surface area contributed by atoms with Crippen LogP contribution in [0.3, 0.4) is 0 Å². The summed E-state index contributed by atoms with van der Waals surface area (Å²) < 4.78 is 24.0. The Morgan fingerprint density at radius 1 is 1.35 bits per heavy atom. The molecule has 102 valence electrons. The van der Waals surface area contributed by atoms with Gasteiger partial charge in [0.15, 0.2) is 5.96 Å². The van der Waals surface area contributed by atoms with Gasteiger partial charge in [0.1, 0.15) is 0 Å². The van der Waals surface area contributed by atoms with E-state index in [4.69, 9.17) is 0 Å². The minimum atomic E-state index is -3.08. The Labute approximate surface area is 104 Å². The van der Waals surface area contributed by atoms with Crippen molar-refractivity contribution < 1.29 is 8.42 Å². The lowest BCUT2D eigenvalue weighted by Crippen LogP contribution is -2.41. The Hall–Kier alpha value is -0.820. The summed E-state index contributed by atoms with van der Waals surface area (Å²) in [7, 11) is -3.08. The predicted octanol–water partition coefficient (Wildman–Crippen LogP) is -0.111. The zero-order chi connectivity index (χ0) is 13.3. The van der Waals surface area contributed by atoms with Gasteiger partial charge in [0.05, 0.1) is 6.26 Å². The van der Waals surface area contributed by atoms with Crippen molar-refractivity contribution in [3.8, 4) is 0 Å². The van der Waals surface area contributed by atoms with Gasteiger partial charge in [0.25, 0.3) is 0 Å². The Bertz CT molecular complexity index is 325. The molecule has 7 heteroatoms. The third-order valence-corrected chi connectivity index (χ3v) is 2.47. The molecule has 0 atom stereocenters. The van der Waals surface area contributed by atoms with E-state index in [0.717, 1.165) is 18.8 Å². The highest BCUT2D eigenvalue weighted by molar-refractivity contribution is 7.88. The predicted molar refractivity (Wildman–Crippen MR) is 71.7 cm³/mol. The van der Waals surface area contributed by atoms with Crippen LogP contribution in [0.15, 0.2) is 4.99 Å². The number of nitrogens with zero attached hydrogens (tertiary/aromatic N) is 1. The molecule has 0 aromatic heterocycles. The van der Waals surface area contributed by atoms with E-state index in [-0.39, 0.29) is 0 Å². The second kappa shape index (κ2) is 8.30. The van der Waals surface area contributed by atoms with Crippen LogP contribution in [0, 0.1) is 0 Å². The SMILES string of the molecule is CCNC(=NCCCNS(C)(=O)=O)NC(C)C. The summed E-state index contributed by atoms with van der Waals surface area (Å²) in [6, 6.07) is 0.321. The van der Waals surface area contributed by atoms with E-state index in [9.17, 15) is 8.42 Å². The summed E-state index contributed by atoms with van der Waals surface area (Å²) in [5.41, 5.74) is 0. The van der Waals surface area contributed by atoms with Gasteiger partial charge in [0, 0.05) is 25.7 Å². The number of guanidine groups is 1. The summed E-state index contributed by atoms with van der Waals surface area (Å²) in [6.07, 6.45) is 1.84. The van der Waals surface area contributed by atoms with Crippen LogP contribution in [0.2, 0.25) is 0 Å². The van der Waals surface area contributed by atoms with Crippen molar-refractivity contribution >= 4 is 16.0 Å². The van der Waals surface area contributed by atoms with Crippen molar-refractivity contribution in [1.82, 2.24) is 15.4 Å². The van der Waals surface area contributed by atoms with E-state index in [1.54, 1.807) is 0 Å². The largest absolute Gasteiger partial charge is 0.357 e. The van der Waals surface area contributed by atoms with Crippen molar-refractivity contribution in [3.05, 3.63) is 0 Å². The zero-order valence-electron chi connectivity index (χ0n) is 11.1. The van der Waals surface area contributed by atoms with Gasteiger partial charge in [0.2, 0.25) is 10.0 Å². The van der Waals surface area contributed by atoms with Crippen LogP contribution in [0.1, 0.15) is 27.2 Å². The Morgan fingerprint density at radius 3 is 2.47 bits per heavy atom. The quantitative estimate of drug-likeness (QED) is 0.340. The molecule has 0 bridgehead atoms. The first-order chi connectivity index (χ1) is 7.85. The summed E-state index contributed by atoms with van der Waals surface area (Å²) in [4.78, 5) is 4.33. The molecule has 0 saturated heterocycles. The van der Waals surface area contributed by atoms with E-state index < -0.39 is 10.0 Å². The van der Waals surface area contributed by atoms with Gasteiger partial charge in [-0.1, -0.05) is 0 Å². The lowest BCUT2D eigenvalue weighted by Gasteiger charge is -2.13. The Morgan fingerprint density at radius 2 is 2.00 bits per heavy atom. The summed E-state index contributed by atoms with van der Waals surface area (Å²) in [6.45, 7) is 7.90. The normalized spacial score (nSPS) is 12.9. The maximum absolute atomic E-state index is 10.8. The third kappa shape index (κ3) is 11.4. The second-order valence-corrected chi connectivity index (χ2v) is 5.91. The monoisotopic (exact) mass is 264 g/mol. The van der Waals surface area contributed by atoms with Gasteiger partial charge in [-0.15, -0.1) is 0 Å². The fraction of sp³-hybridized carbons (Fsp3) is 0.900. The lowest BCUT2D eigenvalue weighted by atomic mass is 10.4. The molecule has 0 aliphatic carbocycles. The van der Waals surface area contributed by atoms with Crippen molar-refractivity contribution in [2.24, 2.45) is 4.99 Å². The number of hydrogen-bond acceptors (Lipinski definition) is 3. The van der Waals surface area contributed by atoms with E-state index >= 15 is 0 Å². The van der Waals surface area contributed by atoms with Gasteiger partial charge >= 0.3 is 0 Å². The number of hydrogen-bond donors (Lipinski definition) is 3. The number of rotatable bonds is 7. The van der Waals surface area contributed by atoms with Crippen molar-refractivity contribution in [1.29, 1.82) is 0 Å². The molecule has 0 spiro atoms. The summed E-state index contributed by atoms with van der Waals surface area (Å²) in [5.74, 6) is 0.766. The molecular formula is C10H24N4O2S. The van der Waals surface area contributed by atoms with Crippen molar-refractivity contribution in [2.75, 3.05) is 25.9 Å². The standard InChI is InChI=1S/C10H24N4O2S/c1-5-11-10(14-9(2)3)12-7-6-8-13-17(4,15)16/h9,13H,5-8H2,1-4H3,(H2,11,12,14). The fourth-order valence-electron chi connectivity index (χ4n) is 1.12. The molecule has 0 aliphatic heterocycles. The molecule has 0 aromatic carbocycles. The van der Waals surface area contributed by atoms with E-state index in [1.807, 2.05) is 20.8 Å². The molecule has 0 radical (unpaired) electrons. The maximum Gasteiger partial charge on any atom is 0.208 e. The molecule has 0 amide bonds. The first kappa shape index (κ1) is 16.2. The molecule has 3 N–H and O–H groups in total. The Balaban J connectivity index is 3.92. The molecular weight excluding hydrogens is 240 g/mol. The van der Waals surface area contributed by atoms with E-state index in [1.165, 1.54) is 0 Å². The van der Waals surface area contributed by atoms with Crippen LogP contribution in [0.25, 0.3) is 0 Å². The van der Waals surface area contributed by atoms with E-state index in [2.05, 4.69) is 20.3 Å². The average Bonchev–Trinajstić information content (AvgIpc) is 2.14. The molecule has 0 saturated carbocycles. The van der Waals surface area contributed by atoms with Crippen LogP contribution < -0.4 is 15.4 Å². The molecule has 0 fully saturated rings. The van der Waals surface area contributed by atoms with Gasteiger partial charge in [-0.2, -0.15) is 0 Å². The van der Waals surface area contributed by atoms with Crippen LogP contribution in [-0.2, 0) is 10.0 Å². The first-order valence-electron chi connectivity index (χ1n) is 5.84. The summed E-state index contributed by atoms with van der Waals surface area (Å²) >= 11 is 0. The highest BCUT2D eigenvalue weighted by atomic mass is 32.2. The van der Waals surface area contributed by atoms with E-state index in [0.29, 0.717) is 25.6 Å². The highest BCUT2D eigenvalue weighted by Gasteiger charge is 2.00. The number of nitrogens with one attached hydrogen (secondary N) is 3. The van der Waals surface area contributed by atoms with Crippen LogP contribution in [0.5, 0.6) is 0 Å². The molecule has 0 aliphatic rings. The van der Waals surface area contributed by atoms with Gasteiger partial charge in [-0.05, 0) is 27.2 Å². The van der Waals surface area contributed by atoms with Crippen molar-refractivity contribution in [2.45, 2.75) is 33.2 Å². The molecule has 17 heavy (non-hydrogen) atoms. The smallest absolute Gasteiger partial charge is 0.208 e. The average molecular weight is 264 g/mol. The van der Waals surface area contributed by atoms with Crippen molar-refractivity contribution in [3.63, 3.8) is 0 Å². The fourth-order valence-corrected chi connectivity index (χ4v) is 1.64. The summed E-state index contributed by atoms with van der Waals surface area (Å²) in [5, 5.41) is 6.31. The molecule has 0 aromatic rings. The van der Waals surface area contributed by atoms with Crippen LogP contribution in [0.4, 0.5) is 0 Å². The Kier molecular flexibility index (Phi) is 7.90. The van der Waals surface area contributed by atoms with Gasteiger partial charge < -0.3 is 10.6 Å². The minimum Gasteiger partial charge on any atom is -0.357 e.